The third kappa shape index (κ3) is 5.35. The number of sulfonamides is 1. The fourth-order valence-corrected chi connectivity index (χ4v) is 3.56. The Morgan fingerprint density at radius 3 is 2.59 bits per heavy atom. The maximum Gasteiger partial charge on any atom is 0.254 e. The van der Waals surface area contributed by atoms with Gasteiger partial charge in [0.05, 0.1) is 11.5 Å². The molecule has 0 saturated carbocycles. The van der Waals surface area contributed by atoms with Gasteiger partial charge >= 0.3 is 0 Å². The molecule has 0 aromatic heterocycles. The monoisotopic (exact) mass is 394 g/mol. The van der Waals surface area contributed by atoms with Crippen LogP contribution in [0.15, 0.2) is 47.4 Å². The maximum atomic E-state index is 13.8. The van der Waals surface area contributed by atoms with Crippen LogP contribution >= 0.6 is 0 Å². The normalized spacial score (nSPS) is 11.4. The predicted octanol–water partition coefficient (Wildman–Crippen LogP) is 2.33. The van der Waals surface area contributed by atoms with E-state index in [1.165, 1.54) is 30.2 Å². The van der Waals surface area contributed by atoms with Crippen LogP contribution in [0.4, 0.5) is 4.39 Å². The number of rotatable bonds is 8. The van der Waals surface area contributed by atoms with Crippen molar-refractivity contribution in [2.24, 2.45) is 0 Å². The van der Waals surface area contributed by atoms with Gasteiger partial charge < -0.3 is 9.64 Å². The van der Waals surface area contributed by atoms with E-state index in [1.54, 1.807) is 38.2 Å². The minimum absolute atomic E-state index is 0.00755. The van der Waals surface area contributed by atoms with Gasteiger partial charge in [0.15, 0.2) is 0 Å². The first-order valence-electron chi connectivity index (χ1n) is 8.34. The van der Waals surface area contributed by atoms with E-state index in [1.807, 2.05) is 0 Å². The average Bonchev–Trinajstić information content (AvgIpc) is 2.63. The highest BCUT2D eigenvalue weighted by Gasteiger charge is 2.20. The molecule has 0 fully saturated rings. The Morgan fingerprint density at radius 2 is 1.93 bits per heavy atom. The second-order valence-electron chi connectivity index (χ2n) is 6.12. The number of carbonyl (C=O) groups excluding carboxylic acids is 1. The van der Waals surface area contributed by atoms with Crippen LogP contribution < -0.4 is 4.72 Å². The molecule has 0 aliphatic heterocycles. The van der Waals surface area contributed by atoms with E-state index in [9.17, 15) is 17.6 Å². The van der Waals surface area contributed by atoms with Crippen molar-refractivity contribution in [1.29, 1.82) is 0 Å². The summed E-state index contributed by atoms with van der Waals surface area (Å²) in [6.07, 6.45) is 0. The van der Waals surface area contributed by atoms with E-state index < -0.39 is 15.8 Å². The molecule has 0 atom stereocenters. The minimum Gasteiger partial charge on any atom is -0.383 e. The molecule has 146 valence electrons. The molecule has 1 amide bonds. The summed E-state index contributed by atoms with van der Waals surface area (Å²) < 4.78 is 45.8. The summed E-state index contributed by atoms with van der Waals surface area (Å²) in [4.78, 5) is 14.1. The van der Waals surface area contributed by atoms with E-state index in [-0.39, 0.29) is 36.1 Å². The molecule has 0 saturated heterocycles. The van der Waals surface area contributed by atoms with Crippen LogP contribution in [-0.4, -0.2) is 46.5 Å². The number of methoxy groups -OCH3 is 1. The quantitative estimate of drug-likeness (QED) is 0.698. The largest absolute Gasteiger partial charge is 0.383 e. The third-order valence-electron chi connectivity index (χ3n) is 4.06. The first kappa shape index (κ1) is 21.0. The van der Waals surface area contributed by atoms with Crippen LogP contribution in [0, 0.1) is 12.7 Å². The Kier molecular flexibility index (Phi) is 7.06. The maximum absolute atomic E-state index is 13.8. The molecule has 0 radical (unpaired) electrons. The van der Waals surface area contributed by atoms with E-state index in [2.05, 4.69) is 4.72 Å². The zero-order chi connectivity index (χ0) is 20.0. The SMILES string of the molecule is COCCNS(=O)(=O)c1ccc(C)c(C(=O)N(C)Cc2ccccc2F)c1. The molecular weight excluding hydrogens is 371 g/mol. The lowest BCUT2D eigenvalue weighted by molar-refractivity contribution is 0.0783. The molecule has 2 aromatic carbocycles. The highest BCUT2D eigenvalue weighted by molar-refractivity contribution is 7.89. The third-order valence-corrected chi connectivity index (χ3v) is 5.52. The van der Waals surface area contributed by atoms with Crippen LogP contribution in [0.2, 0.25) is 0 Å². The molecule has 6 nitrogen and oxygen atoms in total. The first-order valence-corrected chi connectivity index (χ1v) is 9.82. The van der Waals surface area contributed by atoms with Crippen LogP contribution in [0.1, 0.15) is 21.5 Å². The van der Waals surface area contributed by atoms with Gasteiger partial charge in [0.25, 0.3) is 5.91 Å². The zero-order valence-corrected chi connectivity index (χ0v) is 16.3. The Hall–Kier alpha value is -2.29. The smallest absolute Gasteiger partial charge is 0.254 e. The van der Waals surface area contributed by atoms with E-state index in [4.69, 9.17) is 4.74 Å². The van der Waals surface area contributed by atoms with Gasteiger partial charge in [0.2, 0.25) is 10.0 Å². The number of nitrogens with one attached hydrogen (secondary N) is 1. The number of halogens is 1. The van der Waals surface area contributed by atoms with Crippen molar-refractivity contribution in [1.82, 2.24) is 9.62 Å². The lowest BCUT2D eigenvalue weighted by Crippen LogP contribution is -2.29. The summed E-state index contributed by atoms with van der Waals surface area (Å²) in [5.41, 5.74) is 1.27. The van der Waals surface area contributed by atoms with Gasteiger partial charge in [-0.1, -0.05) is 24.3 Å². The van der Waals surface area contributed by atoms with Gasteiger partial charge in [0, 0.05) is 38.4 Å². The van der Waals surface area contributed by atoms with Gasteiger partial charge in [-0.2, -0.15) is 0 Å². The van der Waals surface area contributed by atoms with Crippen LogP contribution in [0.3, 0.4) is 0 Å². The molecule has 1 N–H and O–H groups in total. The summed E-state index contributed by atoms with van der Waals surface area (Å²) in [7, 11) is -0.735. The number of carbonyl (C=O) groups is 1. The van der Waals surface area contributed by atoms with Gasteiger partial charge in [-0.05, 0) is 30.7 Å². The predicted molar refractivity (Wildman–Crippen MR) is 100 cm³/mol. The van der Waals surface area contributed by atoms with Crippen molar-refractivity contribution < 1.29 is 22.3 Å². The Labute approximate surface area is 159 Å². The number of aryl methyl sites for hydroxylation is 1. The van der Waals surface area contributed by atoms with Crippen molar-refractivity contribution >= 4 is 15.9 Å². The fourth-order valence-electron chi connectivity index (χ4n) is 2.52. The fraction of sp³-hybridized carbons (Fsp3) is 0.316. The van der Waals surface area contributed by atoms with Gasteiger partial charge in [-0.15, -0.1) is 0 Å². The topological polar surface area (TPSA) is 75.7 Å². The standard InChI is InChI=1S/C19H23FN2O4S/c1-14-8-9-16(27(24,25)21-10-11-26-3)12-17(14)19(23)22(2)13-15-6-4-5-7-18(15)20/h4-9,12,21H,10-11,13H2,1-3H3. The lowest BCUT2D eigenvalue weighted by atomic mass is 10.1. The van der Waals surface area contributed by atoms with E-state index in [0.29, 0.717) is 11.1 Å². The van der Waals surface area contributed by atoms with E-state index >= 15 is 0 Å². The van der Waals surface area contributed by atoms with Gasteiger partial charge in [-0.25, -0.2) is 17.5 Å². The second-order valence-corrected chi connectivity index (χ2v) is 7.89. The number of benzene rings is 2. The highest BCUT2D eigenvalue weighted by atomic mass is 32.2. The second kappa shape index (κ2) is 9.07. The molecule has 2 aromatic rings. The molecule has 0 unspecified atom stereocenters. The number of nitrogens with zero attached hydrogens (tertiary/aromatic N) is 1. The molecule has 0 spiro atoms. The molecule has 27 heavy (non-hydrogen) atoms. The molecule has 0 bridgehead atoms. The van der Waals surface area contributed by atoms with Crippen LogP contribution in [0.5, 0.6) is 0 Å². The average molecular weight is 394 g/mol. The van der Waals surface area contributed by atoms with Crippen LogP contribution in [0.25, 0.3) is 0 Å². The molecule has 2 rings (SSSR count). The van der Waals surface area contributed by atoms with E-state index in [0.717, 1.165) is 0 Å². The minimum atomic E-state index is -3.76. The number of amides is 1. The van der Waals surface area contributed by atoms with Crippen molar-refractivity contribution in [2.75, 3.05) is 27.3 Å². The van der Waals surface area contributed by atoms with Crippen molar-refractivity contribution in [3.05, 3.63) is 65.0 Å². The number of ether oxygens (including phenoxy) is 1. The molecule has 0 aliphatic carbocycles. The lowest BCUT2D eigenvalue weighted by Gasteiger charge is -2.19. The zero-order valence-electron chi connectivity index (χ0n) is 15.5. The van der Waals surface area contributed by atoms with Crippen molar-refractivity contribution in [3.8, 4) is 0 Å². The summed E-state index contributed by atoms with van der Waals surface area (Å²) in [5, 5.41) is 0. The van der Waals surface area contributed by atoms with Crippen LogP contribution in [-0.2, 0) is 21.3 Å². The first-order chi connectivity index (χ1) is 12.8. The number of hydrogen-bond donors (Lipinski definition) is 1. The summed E-state index contributed by atoms with van der Waals surface area (Å²) in [6.45, 7) is 2.17. The van der Waals surface area contributed by atoms with Gasteiger partial charge in [-0.3, -0.25) is 4.79 Å². The highest BCUT2D eigenvalue weighted by Crippen LogP contribution is 2.18. The molecule has 8 heteroatoms. The number of hydrogen-bond acceptors (Lipinski definition) is 4. The summed E-state index contributed by atoms with van der Waals surface area (Å²) in [6, 6.07) is 10.6. The Bertz CT molecular complexity index is 916. The molecule has 0 heterocycles. The van der Waals surface area contributed by atoms with Crippen molar-refractivity contribution in [3.63, 3.8) is 0 Å². The summed E-state index contributed by atoms with van der Waals surface area (Å²) in [5.74, 6) is -0.780. The molecular formula is C19H23FN2O4S. The summed E-state index contributed by atoms with van der Waals surface area (Å²) >= 11 is 0. The molecule has 0 aliphatic rings. The Morgan fingerprint density at radius 1 is 1.22 bits per heavy atom. The van der Waals surface area contributed by atoms with Gasteiger partial charge in [0.1, 0.15) is 5.82 Å². The van der Waals surface area contributed by atoms with Crippen molar-refractivity contribution in [2.45, 2.75) is 18.4 Å². The Balaban J connectivity index is 2.24.